The Hall–Kier alpha value is -1.86. The number of hydrogen-bond donors (Lipinski definition) is 2. The van der Waals surface area contributed by atoms with Gasteiger partial charge >= 0.3 is 5.97 Å². The summed E-state index contributed by atoms with van der Waals surface area (Å²) in [7, 11) is 0. The number of thioether (sulfide) groups is 1. The smallest absolute Gasteiger partial charge is 0.307 e. The molecule has 4 unspecified atom stereocenters. The van der Waals surface area contributed by atoms with Crippen LogP contribution in [0.2, 0.25) is 0 Å². The number of likely N-dealkylation sites (tertiary alicyclic amines) is 1. The predicted molar refractivity (Wildman–Crippen MR) is 105 cm³/mol. The SMILES string of the molecule is O=C(O)C1C2CCCC1CN(CC1=CC3Nc4nccnc4SC3C=C1)C2. The van der Waals surface area contributed by atoms with E-state index in [0.717, 1.165) is 43.3 Å². The summed E-state index contributed by atoms with van der Waals surface area (Å²) < 4.78 is 0. The summed E-state index contributed by atoms with van der Waals surface area (Å²) in [6, 6.07) is 0.232. The van der Waals surface area contributed by atoms with E-state index in [9.17, 15) is 9.90 Å². The number of carbonyl (C=O) groups is 1. The zero-order valence-electron chi connectivity index (χ0n) is 15.1. The molecule has 142 valence electrons. The van der Waals surface area contributed by atoms with Crippen LogP contribution in [0.15, 0.2) is 41.2 Å². The fourth-order valence-electron chi connectivity index (χ4n) is 5.18. The minimum Gasteiger partial charge on any atom is -0.481 e. The molecule has 6 nitrogen and oxygen atoms in total. The van der Waals surface area contributed by atoms with E-state index in [1.54, 1.807) is 24.2 Å². The Morgan fingerprint density at radius 3 is 2.81 bits per heavy atom. The number of aromatic nitrogens is 2. The number of rotatable bonds is 3. The lowest BCUT2D eigenvalue weighted by Crippen LogP contribution is -2.51. The summed E-state index contributed by atoms with van der Waals surface area (Å²) in [4.78, 5) is 22.9. The molecule has 3 heterocycles. The van der Waals surface area contributed by atoms with Gasteiger partial charge in [0.05, 0.1) is 17.2 Å². The van der Waals surface area contributed by atoms with Crippen molar-refractivity contribution in [1.29, 1.82) is 0 Å². The van der Waals surface area contributed by atoms with Crippen LogP contribution in [0.1, 0.15) is 19.3 Å². The van der Waals surface area contributed by atoms with Gasteiger partial charge in [0, 0.05) is 32.0 Å². The molecule has 0 radical (unpaired) electrons. The van der Waals surface area contributed by atoms with E-state index >= 15 is 0 Å². The molecule has 27 heavy (non-hydrogen) atoms. The van der Waals surface area contributed by atoms with Crippen molar-refractivity contribution in [3.63, 3.8) is 0 Å². The van der Waals surface area contributed by atoms with Crippen LogP contribution >= 0.6 is 11.8 Å². The second-order valence-corrected chi connectivity index (χ2v) is 9.24. The maximum Gasteiger partial charge on any atom is 0.307 e. The van der Waals surface area contributed by atoms with Gasteiger partial charge in [0.25, 0.3) is 0 Å². The number of nitrogens with one attached hydrogen (secondary N) is 1. The van der Waals surface area contributed by atoms with E-state index < -0.39 is 5.97 Å². The van der Waals surface area contributed by atoms with Gasteiger partial charge in [-0.1, -0.05) is 36.4 Å². The summed E-state index contributed by atoms with van der Waals surface area (Å²) in [5, 5.41) is 14.4. The molecule has 1 aromatic heterocycles. The predicted octanol–water partition coefficient (Wildman–Crippen LogP) is 2.66. The lowest BCUT2D eigenvalue weighted by molar-refractivity contribution is -0.151. The first-order valence-corrected chi connectivity index (χ1v) is 10.6. The van der Waals surface area contributed by atoms with Gasteiger partial charge in [0.1, 0.15) is 5.03 Å². The Kier molecular flexibility index (Phi) is 4.44. The fourth-order valence-corrected chi connectivity index (χ4v) is 6.24. The number of carboxylic acid groups (broad SMARTS) is 1. The van der Waals surface area contributed by atoms with Crippen molar-refractivity contribution in [3.8, 4) is 0 Å². The van der Waals surface area contributed by atoms with Crippen molar-refractivity contribution in [2.24, 2.45) is 17.8 Å². The maximum absolute atomic E-state index is 11.7. The van der Waals surface area contributed by atoms with Crippen LogP contribution in [0, 0.1) is 17.8 Å². The lowest BCUT2D eigenvalue weighted by atomic mass is 9.69. The van der Waals surface area contributed by atoms with E-state index in [2.05, 4.69) is 38.4 Å². The van der Waals surface area contributed by atoms with Gasteiger partial charge < -0.3 is 10.4 Å². The molecule has 0 spiro atoms. The van der Waals surface area contributed by atoms with Crippen molar-refractivity contribution >= 4 is 23.5 Å². The third kappa shape index (κ3) is 3.27. The zero-order valence-corrected chi connectivity index (χ0v) is 15.9. The first-order valence-electron chi connectivity index (χ1n) is 9.75. The van der Waals surface area contributed by atoms with Crippen molar-refractivity contribution in [2.75, 3.05) is 25.0 Å². The number of carboxylic acids is 1. The van der Waals surface area contributed by atoms with Crippen molar-refractivity contribution < 1.29 is 9.90 Å². The third-order valence-electron chi connectivity index (χ3n) is 6.31. The molecule has 2 bridgehead atoms. The first-order chi connectivity index (χ1) is 13.2. The van der Waals surface area contributed by atoms with Crippen LogP contribution in [-0.4, -0.2) is 56.9 Å². The number of hydrogen-bond acceptors (Lipinski definition) is 6. The van der Waals surface area contributed by atoms with Crippen LogP contribution in [0.25, 0.3) is 0 Å². The topological polar surface area (TPSA) is 78.4 Å². The molecule has 4 atom stereocenters. The average Bonchev–Trinajstić information content (AvgIpc) is 2.65. The Morgan fingerprint density at radius 1 is 1.26 bits per heavy atom. The second-order valence-electron chi connectivity index (χ2n) is 8.07. The zero-order chi connectivity index (χ0) is 18.4. The van der Waals surface area contributed by atoms with Gasteiger partial charge in [0.2, 0.25) is 0 Å². The highest BCUT2D eigenvalue weighted by molar-refractivity contribution is 8.00. The fraction of sp³-hybridized carbons (Fsp3) is 0.550. The summed E-state index contributed by atoms with van der Waals surface area (Å²) >= 11 is 1.76. The van der Waals surface area contributed by atoms with Gasteiger partial charge in [-0.3, -0.25) is 9.69 Å². The van der Waals surface area contributed by atoms with Crippen LogP contribution < -0.4 is 5.32 Å². The second kappa shape index (κ2) is 6.95. The minimum absolute atomic E-state index is 0.137. The summed E-state index contributed by atoms with van der Waals surface area (Å²) in [6.07, 6.45) is 13.6. The molecule has 4 aliphatic rings. The van der Waals surface area contributed by atoms with E-state index in [-0.39, 0.29) is 12.0 Å². The molecular formula is C20H24N4O2S. The summed E-state index contributed by atoms with van der Waals surface area (Å²) in [6.45, 7) is 2.71. The van der Waals surface area contributed by atoms with E-state index in [0.29, 0.717) is 17.1 Å². The van der Waals surface area contributed by atoms with Gasteiger partial charge in [0.15, 0.2) is 5.82 Å². The monoisotopic (exact) mass is 384 g/mol. The molecule has 0 aromatic carbocycles. The molecule has 2 aliphatic carbocycles. The number of piperidine rings is 1. The quantitative estimate of drug-likeness (QED) is 0.829. The van der Waals surface area contributed by atoms with Crippen molar-refractivity contribution in [3.05, 3.63) is 36.2 Å². The molecule has 1 saturated carbocycles. The van der Waals surface area contributed by atoms with Gasteiger partial charge in [-0.05, 0) is 30.3 Å². The van der Waals surface area contributed by atoms with E-state index in [1.807, 2.05) is 0 Å². The highest BCUT2D eigenvalue weighted by atomic mass is 32.2. The standard InChI is InChI=1S/C20H24N4O2S/c25-20(26)17-13-2-1-3-14(17)11-24(10-13)9-12-4-5-16-15(8-12)23-18-19(27-16)22-7-6-21-18/h4-8,13-17H,1-3,9-11H2,(H,21,23)(H,25,26). The Labute approximate surface area is 163 Å². The number of aliphatic carboxylic acids is 1. The molecule has 2 N–H and O–H groups in total. The molecule has 2 aliphatic heterocycles. The minimum atomic E-state index is -0.591. The third-order valence-corrected chi connectivity index (χ3v) is 7.55. The number of fused-ring (bicyclic) bond motifs is 4. The summed E-state index contributed by atoms with van der Waals surface area (Å²) in [5.74, 6) is 0.753. The van der Waals surface area contributed by atoms with E-state index in [4.69, 9.17) is 0 Å². The molecule has 2 fully saturated rings. The van der Waals surface area contributed by atoms with Crippen LogP contribution in [0.5, 0.6) is 0 Å². The Balaban J connectivity index is 1.28. The largest absolute Gasteiger partial charge is 0.481 e. The molecular weight excluding hydrogens is 360 g/mol. The number of nitrogens with zero attached hydrogens (tertiary/aromatic N) is 3. The maximum atomic E-state index is 11.7. The summed E-state index contributed by atoms with van der Waals surface area (Å²) in [5.41, 5.74) is 1.31. The normalized spacial score (nSPS) is 34.8. The Bertz CT molecular complexity index is 797. The van der Waals surface area contributed by atoms with Crippen molar-refractivity contribution in [2.45, 2.75) is 35.6 Å². The van der Waals surface area contributed by atoms with Crippen LogP contribution in [0.3, 0.4) is 0 Å². The van der Waals surface area contributed by atoms with Crippen LogP contribution in [0.4, 0.5) is 5.82 Å². The molecule has 0 amide bonds. The molecule has 7 heteroatoms. The van der Waals surface area contributed by atoms with Gasteiger partial charge in [-0.2, -0.15) is 0 Å². The highest BCUT2D eigenvalue weighted by Gasteiger charge is 2.43. The molecule has 1 saturated heterocycles. The highest BCUT2D eigenvalue weighted by Crippen LogP contribution is 2.41. The lowest BCUT2D eigenvalue weighted by Gasteiger charge is -2.46. The molecule has 5 rings (SSSR count). The van der Waals surface area contributed by atoms with Gasteiger partial charge in [-0.15, -0.1) is 0 Å². The number of anilines is 1. The first kappa shape index (κ1) is 17.3. The van der Waals surface area contributed by atoms with Crippen LogP contribution in [-0.2, 0) is 4.79 Å². The average molecular weight is 385 g/mol. The van der Waals surface area contributed by atoms with Crippen molar-refractivity contribution in [1.82, 2.24) is 14.9 Å². The van der Waals surface area contributed by atoms with E-state index in [1.165, 1.54) is 12.0 Å². The van der Waals surface area contributed by atoms with Gasteiger partial charge in [-0.25, -0.2) is 9.97 Å². The molecule has 1 aromatic rings. The Morgan fingerprint density at radius 2 is 2.04 bits per heavy atom.